The molecule has 4 rings (SSSR count). The molecule has 0 aliphatic carbocycles. The minimum atomic E-state index is -0.300. The molecule has 29 heavy (non-hydrogen) atoms. The first-order valence-corrected chi connectivity index (χ1v) is 9.50. The van der Waals surface area contributed by atoms with Crippen LogP contribution < -0.4 is 15.1 Å². The van der Waals surface area contributed by atoms with Crippen molar-refractivity contribution < 1.29 is 13.9 Å². The lowest BCUT2D eigenvalue weighted by molar-refractivity contribution is 0.306. The van der Waals surface area contributed by atoms with Crippen molar-refractivity contribution in [2.75, 3.05) is 7.11 Å². The number of ether oxygens (including phenoxy) is 2. The van der Waals surface area contributed by atoms with Crippen LogP contribution in [-0.2, 0) is 13.0 Å². The highest BCUT2D eigenvalue weighted by atomic mass is 16.5. The molecule has 0 amide bonds. The van der Waals surface area contributed by atoms with Crippen LogP contribution in [0.4, 0.5) is 0 Å². The van der Waals surface area contributed by atoms with E-state index < -0.39 is 0 Å². The van der Waals surface area contributed by atoms with Crippen molar-refractivity contribution >= 4 is 11.0 Å². The maximum atomic E-state index is 12.6. The second kappa shape index (κ2) is 8.23. The topological polar surface area (TPSA) is 48.7 Å². The van der Waals surface area contributed by atoms with Crippen LogP contribution >= 0.6 is 0 Å². The summed E-state index contributed by atoms with van der Waals surface area (Å²) in [6, 6.07) is 23.3. The predicted molar refractivity (Wildman–Crippen MR) is 114 cm³/mol. The van der Waals surface area contributed by atoms with Crippen molar-refractivity contribution in [3.63, 3.8) is 0 Å². The van der Waals surface area contributed by atoms with Crippen LogP contribution in [0.25, 0.3) is 11.0 Å². The van der Waals surface area contributed by atoms with Gasteiger partial charge in [0.1, 0.15) is 23.7 Å². The first-order valence-electron chi connectivity index (χ1n) is 9.50. The van der Waals surface area contributed by atoms with Gasteiger partial charge in [-0.05, 0) is 47.9 Å². The van der Waals surface area contributed by atoms with Gasteiger partial charge >= 0.3 is 5.63 Å². The quantitative estimate of drug-likeness (QED) is 0.423. The average Bonchev–Trinajstić information content (AvgIpc) is 2.76. The Hall–Kier alpha value is -3.53. The Bertz CT molecular complexity index is 1180. The Labute approximate surface area is 169 Å². The predicted octanol–water partition coefficient (Wildman–Crippen LogP) is 5.28. The highest BCUT2D eigenvalue weighted by Gasteiger charge is 2.13. The van der Waals surface area contributed by atoms with Gasteiger partial charge in [-0.15, -0.1) is 0 Å². The Morgan fingerprint density at radius 3 is 2.31 bits per heavy atom. The number of methoxy groups -OCH3 is 1. The lowest BCUT2D eigenvalue weighted by atomic mass is 10.00. The van der Waals surface area contributed by atoms with Gasteiger partial charge < -0.3 is 13.9 Å². The highest BCUT2D eigenvalue weighted by molar-refractivity contribution is 5.82. The molecule has 0 N–H and O–H groups in total. The number of hydrogen-bond acceptors (Lipinski definition) is 4. The summed E-state index contributed by atoms with van der Waals surface area (Å²) in [4.78, 5) is 12.6. The third kappa shape index (κ3) is 4.16. The van der Waals surface area contributed by atoms with Crippen LogP contribution in [0.5, 0.6) is 11.5 Å². The van der Waals surface area contributed by atoms with Gasteiger partial charge in [-0.1, -0.05) is 42.5 Å². The normalized spacial score (nSPS) is 10.8. The van der Waals surface area contributed by atoms with Crippen molar-refractivity contribution in [2.45, 2.75) is 20.0 Å². The summed E-state index contributed by atoms with van der Waals surface area (Å²) in [5, 5.41) is 0.923. The van der Waals surface area contributed by atoms with E-state index in [-0.39, 0.29) is 5.63 Å². The lowest BCUT2D eigenvalue weighted by Crippen LogP contribution is -2.11. The van der Waals surface area contributed by atoms with Crippen molar-refractivity contribution in [1.29, 1.82) is 0 Å². The fourth-order valence-electron chi connectivity index (χ4n) is 3.36. The lowest BCUT2D eigenvalue weighted by Gasteiger charge is -2.11. The Morgan fingerprint density at radius 1 is 0.862 bits per heavy atom. The van der Waals surface area contributed by atoms with Crippen LogP contribution in [0.15, 0.2) is 82.0 Å². The van der Waals surface area contributed by atoms with E-state index in [9.17, 15) is 4.79 Å². The van der Waals surface area contributed by atoms with Crippen LogP contribution in [0.2, 0.25) is 0 Å². The first-order chi connectivity index (χ1) is 14.1. The van der Waals surface area contributed by atoms with Crippen molar-refractivity contribution in [3.8, 4) is 11.5 Å². The van der Waals surface area contributed by atoms with Crippen LogP contribution in [0.1, 0.15) is 22.3 Å². The molecule has 0 aliphatic heterocycles. The average molecular weight is 386 g/mol. The van der Waals surface area contributed by atoms with Crippen LogP contribution in [0.3, 0.4) is 0 Å². The van der Waals surface area contributed by atoms with E-state index in [4.69, 9.17) is 13.9 Å². The molecule has 4 nitrogen and oxygen atoms in total. The zero-order valence-electron chi connectivity index (χ0n) is 16.5. The van der Waals surface area contributed by atoms with Gasteiger partial charge in [0.25, 0.3) is 0 Å². The SMILES string of the molecule is COc1ccc(COc2ccc3c(C)c(Cc4ccccc4)c(=O)oc3c2)cc1. The molecular weight excluding hydrogens is 364 g/mol. The van der Waals surface area contributed by atoms with E-state index in [2.05, 4.69) is 0 Å². The highest BCUT2D eigenvalue weighted by Crippen LogP contribution is 2.26. The number of hydrogen-bond donors (Lipinski definition) is 0. The number of fused-ring (bicyclic) bond motifs is 1. The Morgan fingerprint density at radius 2 is 1.59 bits per heavy atom. The van der Waals surface area contributed by atoms with Crippen molar-refractivity contribution in [3.05, 3.63) is 105 Å². The standard InChI is InChI=1S/C25H22O4/c1-17-22-13-12-21(28-16-19-8-10-20(27-2)11-9-19)15-24(22)29-25(26)23(17)14-18-6-4-3-5-7-18/h3-13,15H,14,16H2,1-2H3. The molecule has 0 bridgehead atoms. The third-order valence-corrected chi connectivity index (χ3v) is 5.05. The number of benzene rings is 3. The van der Waals surface area contributed by atoms with Gasteiger partial charge in [0.2, 0.25) is 0 Å². The van der Waals surface area contributed by atoms with E-state index in [1.807, 2.05) is 73.7 Å². The summed E-state index contributed by atoms with van der Waals surface area (Å²) in [5.41, 5.74) is 3.99. The molecule has 4 aromatic rings. The fourth-order valence-corrected chi connectivity index (χ4v) is 3.36. The monoisotopic (exact) mass is 386 g/mol. The molecule has 0 radical (unpaired) electrons. The largest absolute Gasteiger partial charge is 0.497 e. The smallest absolute Gasteiger partial charge is 0.340 e. The molecule has 0 fully saturated rings. The third-order valence-electron chi connectivity index (χ3n) is 5.05. The minimum Gasteiger partial charge on any atom is -0.497 e. The first kappa shape index (κ1) is 18.8. The zero-order chi connectivity index (χ0) is 20.2. The fraction of sp³-hybridized carbons (Fsp3) is 0.160. The summed E-state index contributed by atoms with van der Waals surface area (Å²) in [7, 11) is 1.64. The van der Waals surface area contributed by atoms with Crippen molar-refractivity contribution in [2.24, 2.45) is 0 Å². The Kier molecular flexibility index (Phi) is 5.34. The molecule has 146 valence electrons. The molecule has 1 aromatic heterocycles. The van der Waals surface area contributed by atoms with E-state index in [0.717, 1.165) is 27.8 Å². The maximum absolute atomic E-state index is 12.6. The second-order valence-corrected chi connectivity index (χ2v) is 6.95. The van der Waals surface area contributed by atoms with Crippen LogP contribution in [-0.4, -0.2) is 7.11 Å². The van der Waals surface area contributed by atoms with Gasteiger partial charge in [0, 0.05) is 23.4 Å². The van der Waals surface area contributed by atoms with E-state index in [1.54, 1.807) is 13.2 Å². The Balaban J connectivity index is 1.57. The molecule has 1 heterocycles. The van der Waals surface area contributed by atoms with Gasteiger partial charge in [-0.2, -0.15) is 0 Å². The molecule has 0 unspecified atom stereocenters. The van der Waals surface area contributed by atoms with Gasteiger partial charge in [0.05, 0.1) is 7.11 Å². The molecule has 0 saturated carbocycles. The van der Waals surface area contributed by atoms with Gasteiger partial charge in [0.15, 0.2) is 0 Å². The summed E-state index contributed by atoms with van der Waals surface area (Å²) in [5.74, 6) is 1.47. The van der Waals surface area contributed by atoms with Gasteiger partial charge in [-0.25, -0.2) is 4.79 Å². The van der Waals surface area contributed by atoms with Gasteiger partial charge in [-0.3, -0.25) is 0 Å². The summed E-state index contributed by atoms with van der Waals surface area (Å²) < 4.78 is 16.7. The maximum Gasteiger partial charge on any atom is 0.340 e. The van der Waals surface area contributed by atoms with E-state index >= 15 is 0 Å². The van der Waals surface area contributed by atoms with E-state index in [0.29, 0.717) is 29.9 Å². The molecule has 0 saturated heterocycles. The molecule has 3 aromatic carbocycles. The summed E-state index contributed by atoms with van der Waals surface area (Å²) >= 11 is 0. The summed E-state index contributed by atoms with van der Waals surface area (Å²) in [6.45, 7) is 2.39. The summed E-state index contributed by atoms with van der Waals surface area (Å²) in [6.07, 6.45) is 0.556. The molecule has 0 atom stereocenters. The minimum absolute atomic E-state index is 0.300. The molecule has 0 spiro atoms. The molecule has 4 heteroatoms. The van der Waals surface area contributed by atoms with Crippen molar-refractivity contribution in [1.82, 2.24) is 0 Å². The number of aryl methyl sites for hydroxylation is 1. The zero-order valence-corrected chi connectivity index (χ0v) is 16.5. The molecular formula is C25H22O4. The second-order valence-electron chi connectivity index (χ2n) is 6.95. The number of rotatable bonds is 6. The van der Waals surface area contributed by atoms with E-state index in [1.165, 1.54) is 0 Å². The van der Waals surface area contributed by atoms with Crippen LogP contribution in [0, 0.1) is 6.92 Å². The molecule has 0 aliphatic rings.